The van der Waals surface area contributed by atoms with E-state index in [2.05, 4.69) is 15.4 Å². The molecule has 25 heavy (non-hydrogen) atoms. The van der Waals surface area contributed by atoms with E-state index < -0.39 is 6.04 Å². The van der Waals surface area contributed by atoms with Gasteiger partial charge in [-0.05, 0) is 30.7 Å². The van der Waals surface area contributed by atoms with E-state index in [0.717, 1.165) is 5.56 Å². The molecule has 7 heteroatoms. The third kappa shape index (κ3) is 3.93. The molecule has 0 fully saturated rings. The molecule has 2 heterocycles. The number of aromatic nitrogens is 4. The van der Waals surface area contributed by atoms with Gasteiger partial charge in [0.2, 0.25) is 5.91 Å². The SMILES string of the molecule is C[C@@H](CC(=O)N[C@@H](c1ccc(F)cc1)c1nccn1C)n1cccn1. The van der Waals surface area contributed by atoms with Gasteiger partial charge in [-0.15, -0.1) is 0 Å². The van der Waals surface area contributed by atoms with Crippen LogP contribution in [0.25, 0.3) is 0 Å². The van der Waals surface area contributed by atoms with E-state index in [0.29, 0.717) is 5.82 Å². The monoisotopic (exact) mass is 341 g/mol. The van der Waals surface area contributed by atoms with Crippen molar-refractivity contribution in [2.24, 2.45) is 7.05 Å². The maximum Gasteiger partial charge on any atom is 0.222 e. The Kier molecular flexibility index (Phi) is 4.92. The van der Waals surface area contributed by atoms with Crippen LogP contribution in [0.4, 0.5) is 4.39 Å². The number of imidazole rings is 1. The Labute approximate surface area is 145 Å². The van der Waals surface area contributed by atoms with Crippen molar-refractivity contribution in [3.8, 4) is 0 Å². The molecule has 0 aliphatic rings. The van der Waals surface area contributed by atoms with Crippen LogP contribution in [0.1, 0.15) is 36.8 Å². The number of nitrogens with zero attached hydrogens (tertiary/aromatic N) is 4. The molecule has 2 atom stereocenters. The van der Waals surface area contributed by atoms with Crippen molar-refractivity contribution in [1.82, 2.24) is 24.6 Å². The number of nitrogens with one attached hydrogen (secondary N) is 1. The molecule has 0 saturated heterocycles. The van der Waals surface area contributed by atoms with Gasteiger partial charge in [-0.2, -0.15) is 5.10 Å². The number of carbonyl (C=O) groups is 1. The maximum atomic E-state index is 13.2. The Bertz CT molecular complexity index is 826. The molecule has 6 nitrogen and oxygen atoms in total. The van der Waals surface area contributed by atoms with Gasteiger partial charge in [0.05, 0.1) is 6.04 Å². The van der Waals surface area contributed by atoms with E-state index in [9.17, 15) is 9.18 Å². The zero-order chi connectivity index (χ0) is 17.8. The molecule has 0 unspecified atom stereocenters. The fraction of sp³-hybridized carbons (Fsp3) is 0.278. The molecule has 3 aromatic rings. The second kappa shape index (κ2) is 7.29. The van der Waals surface area contributed by atoms with Crippen LogP contribution in [0.3, 0.4) is 0 Å². The topological polar surface area (TPSA) is 64.7 Å². The lowest BCUT2D eigenvalue weighted by Crippen LogP contribution is -2.32. The van der Waals surface area contributed by atoms with Crippen LogP contribution in [0.5, 0.6) is 0 Å². The van der Waals surface area contributed by atoms with Gasteiger partial charge in [0.1, 0.15) is 17.7 Å². The fourth-order valence-electron chi connectivity index (χ4n) is 2.73. The Morgan fingerprint density at radius 1 is 1.24 bits per heavy atom. The molecule has 130 valence electrons. The van der Waals surface area contributed by atoms with Crippen molar-refractivity contribution < 1.29 is 9.18 Å². The van der Waals surface area contributed by atoms with Crippen LogP contribution >= 0.6 is 0 Å². The van der Waals surface area contributed by atoms with Crippen LogP contribution in [-0.2, 0) is 11.8 Å². The summed E-state index contributed by atoms with van der Waals surface area (Å²) in [7, 11) is 1.86. The van der Waals surface area contributed by atoms with Crippen LogP contribution in [0.2, 0.25) is 0 Å². The Hall–Kier alpha value is -2.96. The van der Waals surface area contributed by atoms with E-state index in [4.69, 9.17) is 0 Å². The average molecular weight is 341 g/mol. The normalized spacial score (nSPS) is 13.4. The van der Waals surface area contributed by atoms with Gasteiger partial charge in [-0.25, -0.2) is 9.37 Å². The van der Waals surface area contributed by atoms with Crippen molar-refractivity contribution in [1.29, 1.82) is 0 Å². The number of carbonyl (C=O) groups excluding carboxylic acids is 1. The van der Waals surface area contributed by atoms with Gasteiger partial charge < -0.3 is 9.88 Å². The van der Waals surface area contributed by atoms with Gasteiger partial charge in [-0.3, -0.25) is 9.48 Å². The highest BCUT2D eigenvalue weighted by Gasteiger charge is 2.22. The molecule has 0 bridgehead atoms. The Morgan fingerprint density at radius 2 is 2.00 bits per heavy atom. The maximum absolute atomic E-state index is 13.2. The summed E-state index contributed by atoms with van der Waals surface area (Å²) in [4.78, 5) is 16.9. The minimum absolute atomic E-state index is 0.0646. The van der Waals surface area contributed by atoms with E-state index in [1.807, 2.05) is 37.0 Å². The number of rotatable bonds is 6. The average Bonchev–Trinajstić information content (AvgIpc) is 3.25. The first-order valence-corrected chi connectivity index (χ1v) is 8.06. The van der Waals surface area contributed by atoms with Gasteiger partial charge in [0.15, 0.2) is 0 Å². The standard InChI is InChI=1S/C18H20FN5O/c1-13(24-10-3-8-21-24)12-16(25)22-17(18-20-9-11-23(18)2)14-4-6-15(19)7-5-14/h3-11,13,17H,12H2,1-2H3,(H,22,25)/t13-,17-/m0/s1. The van der Waals surface area contributed by atoms with Crippen molar-refractivity contribution in [3.63, 3.8) is 0 Å². The number of halogens is 1. The third-order valence-corrected chi connectivity index (χ3v) is 4.08. The minimum atomic E-state index is -0.446. The molecule has 3 rings (SSSR count). The van der Waals surface area contributed by atoms with Crippen LogP contribution in [-0.4, -0.2) is 25.2 Å². The molecule has 0 aliphatic carbocycles. The zero-order valence-corrected chi connectivity index (χ0v) is 14.1. The predicted molar refractivity (Wildman–Crippen MR) is 91.1 cm³/mol. The van der Waals surface area contributed by atoms with Gasteiger partial charge >= 0.3 is 0 Å². The summed E-state index contributed by atoms with van der Waals surface area (Å²) in [5.74, 6) is 0.244. The highest BCUT2D eigenvalue weighted by atomic mass is 19.1. The number of aryl methyl sites for hydroxylation is 1. The molecule has 0 radical (unpaired) electrons. The number of hydrogen-bond acceptors (Lipinski definition) is 3. The summed E-state index contributed by atoms with van der Waals surface area (Å²) in [6.07, 6.45) is 7.27. The molecule has 2 aromatic heterocycles. The molecule has 0 aliphatic heterocycles. The van der Waals surface area contributed by atoms with Gasteiger partial charge in [-0.1, -0.05) is 12.1 Å². The predicted octanol–water partition coefficient (Wildman–Crippen LogP) is 2.61. The van der Waals surface area contributed by atoms with Crippen LogP contribution in [0.15, 0.2) is 55.1 Å². The Balaban J connectivity index is 1.79. The Morgan fingerprint density at radius 3 is 2.60 bits per heavy atom. The first kappa shape index (κ1) is 16.9. The summed E-state index contributed by atoms with van der Waals surface area (Å²) < 4.78 is 16.8. The van der Waals surface area contributed by atoms with E-state index >= 15 is 0 Å². The van der Waals surface area contributed by atoms with E-state index in [-0.39, 0.29) is 24.2 Å². The smallest absolute Gasteiger partial charge is 0.222 e. The highest BCUT2D eigenvalue weighted by molar-refractivity contribution is 5.77. The van der Waals surface area contributed by atoms with Crippen molar-refractivity contribution >= 4 is 5.91 Å². The van der Waals surface area contributed by atoms with Crippen LogP contribution < -0.4 is 5.32 Å². The lowest BCUT2D eigenvalue weighted by molar-refractivity contribution is -0.122. The second-order valence-electron chi connectivity index (χ2n) is 5.99. The molecule has 1 amide bonds. The highest BCUT2D eigenvalue weighted by Crippen LogP contribution is 2.21. The van der Waals surface area contributed by atoms with Crippen molar-refractivity contribution in [2.75, 3.05) is 0 Å². The summed E-state index contributed by atoms with van der Waals surface area (Å²) >= 11 is 0. The van der Waals surface area contributed by atoms with Gasteiger partial charge in [0, 0.05) is 38.3 Å². The van der Waals surface area contributed by atoms with Gasteiger partial charge in [0.25, 0.3) is 0 Å². The van der Waals surface area contributed by atoms with Crippen molar-refractivity contribution in [3.05, 3.63) is 72.3 Å². The van der Waals surface area contributed by atoms with Crippen molar-refractivity contribution in [2.45, 2.75) is 25.4 Å². The zero-order valence-electron chi connectivity index (χ0n) is 14.1. The quantitative estimate of drug-likeness (QED) is 0.749. The minimum Gasteiger partial charge on any atom is -0.342 e. The largest absolute Gasteiger partial charge is 0.342 e. The number of hydrogen-bond donors (Lipinski definition) is 1. The van der Waals surface area contributed by atoms with E-state index in [1.54, 1.807) is 29.2 Å². The first-order valence-electron chi connectivity index (χ1n) is 8.06. The number of benzene rings is 1. The summed E-state index contributed by atoms with van der Waals surface area (Å²) in [6.45, 7) is 1.93. The summed E-state index contributed by atoms with van der Waals surface area (Å²) in [6, 6.07) is 7.39. The van der Waals surface area contributed by atoms with E-state index in [1.165, 1.54) is 12.1 Å². The number of amides is 1. The lowest BCUT2D eigenvalue weighted by Gasteiger charge is -2.20. The molecular formula is C18H20FN5O. The second-order valence-corrected chi connectivity index (χ2v) is 5.99. The lowest BCUT2D eigenvalue weighted by atomic mass is 10.1. The first-order chi connectivity index (χ1) is 12.0. The summed E-state index contributed by atoms with van der Waals surface area (Å²) in [5, 5.41) is 7.16. The summed E-state index contributed by atoms with van der Waals surface area (Å²) in [5.41, 5.74) is 0.774. The van der Waals surface area contributed by atoms with Crippen LogP contribution in [0, 0.1) is 5.82 Å². The third-order valence-electron chi connectivity index (χ3n) is 4.08. The molecule has 1 N–H and O–H groups in total. The molecular weight excluding hydrogens is 321 g/mol. The molecule has 1 aromatic carbocycles. The molecule has 0 spiro atoms. The fourth-order valence-corrected chi connectivity index (χ4v) is 2.73. The molecule has 0 saturated carbocycles.